The molecule has 0 radical (unpaired) electrons. The van der Waals surface area contributed by atoms with E-state index in [1.165, 1.54) is 18.7 Å². The van der Waals surface area contributed by atoms with Crippen LogP contribution in [0.4, 0.5) is 0 Å². The maximum absolute atomic E-state index is 12.0. The monoisotopic (exact) mass is 237 g/mol. The zero-order chi connectivity index (χ0) is 12.7. The molecule has 92 valence electrons. The Kier molecular flexibility index (Phi) is 4.86. The highest BCUT2D eigenvalue weighted by Gasteiger charge is 2.14. The molecule has 17 heavy (non-hydrogen) atoms. The smallest absolute Gasteiger partial charge is 0.256 e. The van der Waals surface area contributed by atoms with Crippen LogP contribution in [-0.4, -0.2) is 44.9 Å². The van der Waals surface area contributed by atoms with E-state index in [-0.39, 0.29) is 11.7 Å². The van der Waals surface area contributed by atoms with Crippen LogP contribution in [0.5, 0.6) is 0 Å². The highest BCUT2D eigenvalue weighted by atomic mass is 16.4. The van der Waals surface area contributed by atoms with Crippen LogP contribution in [0.1, 0.15) is 23.7 Å². The fraction of sp³-hybridized carbons (Fsp3) is 0.400. The molecule has 0 atom stereocenters. The van der Waals surface area contributed by atoms with Gasteiger partial charge in [0.1, 0.15) is 12.2 Å². The summed E-state index contributed by atoms with van der Waals surface area (Å²) in [7, 11) is 0. The normalized spacial score (nSPS) is 11.2. The van der Waals surface area contributed by atoms with Crippen molar-refractivity contribution in [1.82, 2.24) is 14.9 Å². The van der Waals surface area contributed by atoms with E-state index in [0.717, 1.165) is 0 Å². The molecule has 3 N–H and O–H groups in total. The van der Waals surface area contributed by atoms with Crippen LogP contribution in [0, 0.1) is 0 Å². The summed E-state index contributed by atoms with van der Waals surface area (Å²) in [4.78, 5) is 21.1. The van der Waals surface area contributed by atoms with Crippen LogP contribution < -0.4 is 5.73 Å². The largest absolute Gasteiger partial charge is 0.409 e. The van der Waals surface area contributed by atoms with Crippen LogP contribution in [-0.2, 0) is 0 Å². The Hall–Kier alpha value is -2.18. The average molecular weight is 237 g/mol. The van der Waals surface area contributed by atoms with Crippen molar-refractivity contribution in [2.45, 2.75) is 13.3 Å². The third kappa shape index (κ3) is 3.71. The zero-order valence-corrected chi connectivity index (χ0v) is 9.58. The summed E-state index contributed by atoms with van der Waals surface area (Å²) in [6.45, 7) is 2.78. The number of hydrogen-bond donors (Lipinski definition) is 2. The highest BCUT2D eigenvalue weighted by molar-refractivity contribution is 5.93. The van der Waals surface area contributed by atoms with Crippen LogP contribution in [0.2, 0.25) is 0 Å². The Labute approximate surface area is 99.0 Å². The molecule has 1 aromatic rings. The molecule has 0 bridgehead atoms. The third-order valence-corrected chi connectivity index (χ3v) is 2.24. The summed E-state index contributed by atoms with van der Waals surface area (Å²) in [6.07, 6.45) is 4.61. The lowest BCUT2D eigenvalue weighted by atomic mass is 10.2. The van der Waals surface area contributed by atoms with Crippen molar-refractivity contribution < 1.29 is 10.0 Å². The van der Waals surface area contributed by atoms with Crippen LogP contribution in [0.3, 0.4) is 0 Å². The van der Waals surface area contributed by atoms with Gasteiger partial charge >= 0.3 is 0 Å². The SMILES string of the molecule is CCN(CCC(N)=NO)C(=O)c1cncnc1. The van der Waals surface area contributed by atoms with Gasteiger partial charge in [0.05, 0.1) is 5.56 Å². The number of oxime groups is 1. The summed E-state index contributed by atoms with van der Waals surface area (Å²) in [5, 5.41) is 11.3. The molecule has 1 heterocycles. The number of nitrogens with two attached hydrogens (primary N) is 1. The summed E-state index contributed by atoms with van der Waals surface area (Å²) < 4.78 is 0. The lowest BCUT2D eigenvalue weighted by Crippen LogP contribution is -2.34. The fourth-order valence-corrected chi connectivity index (χ4v) is 1.29. The first-order valence-corrected chi connectivity index (χ1v) is 5.19. The van der Waals surface area contributed by atoms with Crippen molar-refractivity contribution in [3.05, 3.63) is 24.3 Å². The first-order valence-electron chi connectivity index (χ1n) is 5.19. The molecular weight excluding hydrogens is 222 g/mol. The van der Waals surface area contributed by atoms with E-state index in [4.69, 9.17) is 10.9 Å². The quantitative estimate of drug-likeness (QED) is 0.326. The number of rotatable bonds is 5. The molecule has 0 unspecified atom stereocenters. The second kappa shape index (κ2) is 6.41. The number of nitrogens with zero attached hydrogens (tertiary/aromatic N) is 4. The summed E-state index contributed by atoms with van der Waals surface area (Å²) >= 11 is 0. The number of carbonyl (C=O) groups excluding carboxylic acids is 1. The molecule has 0 saturated carbocycles. The van der Waals surface area contributed by atoms with Crippen molar-refractivity contribution in [2.75, 3.05) is 13.1 Å². The van der Waals surface area contributed by atoms with E-state index in [9.17, 15) is 4.79 Å². The van der Waals surface area contributed by atoms with E-state index in [1.807, 2.05) is 6.92 Å². The van der Waals surface area contributed by atoms with E-state index in [2.05, 4.69) is 15.1 Å². The molecule has 0 saturated heterocycles. The molecule has 0 fully saturated rings. The molecule has 0 aliphatic heterocycles. The first-order chi connectivity index (χ1) is 8.19. The maximum Gasteiger partial charge on any atom is 0.256 e. The predicted octanol–water partition coefficient (Wildman–Crippen LogP) is 0.0752. The third-order valence-electron chi connectivity index (χ3n) is 2.24. The second-order valence-corrected chi connectivity index (χ2v) is 3.35. The van der Waals surface area contributed by atoms with Gasteiger partial charge in [0.2, 0.25) is 0 Å². The van der Waals surface area contributed by atoms with Gasteiger partial charge in [0.15, 0.2) is 0 Å². The fourth-order valence-electron chi connectivity index (χ4n) is 1.29. The van der Waals surface area contributed by atoms with E-state index in [0.29, 0.717) is 25.1 Å². The highest BCUT2D eigenvalue weighted by Crippen LogP contribution is 2.02. The van der Waals surface area contributed by atoms with Gasteiger partial charge < -0.3 is 15.8 Å². The Balaban J connectivity index is 2.65. The second-order valence-electron chi connectivity index (χ2n) is 3.35. The van der Waals surface area contributed by atoms with Crippen molar-refractivity contribution >= 4 is 11.7 Å². The standard InChI is InChI=1S/C10H15N5O2/c1-2-15(4-3-9(11)14-17)10(16)8-5-12-7-13-6-8/h5-7,17H,2-4H2,1H3,(H2,11,14). The lowest BCUT2D eigenvalue weighted by molar-refractivity contribution is 0.0767. The minimum atomic E-state index is -0.168. The van der Waals surface area contributed by atoms with Crippen molar-refractivity contribution in [2.24, 2.45) is 10.9 Å². The van der Waals surface area contributed by atoms with E-state index < -0.39 is 0 Å². The Morgan fingerprint density at radius 2 is 2.18 bits per heavy atom. The maximum atomic E-state index is 12.0. The average Bonchev–Trinajstić information content (AvgIpc) is 2.39. The summed E-state index contributed by atoms with van der Waals surface area (Å²) in [5.74, 6) is -0.0700. The lowest BCUT2D eigenvalue weighted by Gasteiger charge is -2.20. The Bertz CT molecular complexity index is 393. The van der Waals surface area contributed by atoms with Crippen LogP contribution in [0.25, 0.3) is 0 Å². The van der Waals surface area contributed by atoms with Gasteiger partial charge in [-0.1, -0.05) is 5.16 Å². The van der Waals surface area contributed by atoms with Crippen molar-refractivity contribution in [3.63, 3.8) is 0 Å². The molecule has 0 aliphatic rings. The summed E-state index contributed by atoms with van der Waals surface area (Å²) in [5.41, 5.74) is 5.78. The zero-order valence-electron chi connectivity index (χ0n) is 9.58. The molecule has 0 spiro atoms. The molecule has 1 rings (SSSR count). The number of carbonyl (C=O) groups is 1. The van der Waals surface area contributed by atoms with Gasteiger partial charge in [-0.15, -0.1) is 0 Å². The number of amidine groups is 1. The van der Waals surface area contributed by atoms with Gasteiger partial charge in [-0.3, -0.25) is 4.79 Å². The van der Waals surface area contributed by atoms with Crippen molar-refractivity contribution in [3.8, 4) is 0 Å². The van der Waals surface area contributed by atoms with Crippen LogP contribution in [0.15, 0.2) is 23.9 Å². The molecule has 1 aromatic heterocycles. The predicted molar refractivity (Wildman–Crippen MR) is 61.6 cm³/mol. The van der Waals surface area contributed by atoms with Gasteiger partial charge in [-0.2, -0.15) is 0 Å². The Morgan fingerprint density at radius 1 is 1.53 bits per heavy atom. The molecular formula is C10H15N5O2. The van der Waals surface area contributed by atoms with Gasteiger partial charge in [-0.05, 0) is 6.92 Å². The molecule has 7 nitrogen and oxygen atoms in total. The minimum Gasteiger partial charge on any atom is -0.409 e. The van der Waals surface area contributed by atoms with Gasteiger partial charge in [0.25, 0.3) is 5.91 Å². The Morgan fingerprint density at radius 3 is 2.71 bits per heavy atom. The van der Waals surface area contributed by atoms with Crippen molar-refractivity contribution in [1.29, 1.82) is 0 Å². The first kappa shape index (κ1) is 12.9. The van der Waals surface area contributed by atoms with E-state index in [1.54, 1.807) is 4.90 Å². The van der Waals surface area contributed by atoms with Crippen LogP contribution >= 0.6 is 0 Å². The topological polar surface area (TPSA) is 105 Å². The summed E-state index contributed by atoms with van der Waals surface area (Å²) in [6, 6.07) is 0. The molecule has 0 aromatic carbocycles. The molecule has 0 aliphatic carbocycles. The number of hydrogen-bond acceptors (Lipinski definition) is 5. The molecule has 1 amide bonds. The minimum absolute atomic E-state index is 0.0977. The van der Waals surface area contributed by atoms with E-state index >= 15 is 0 Å². The van der Waals surface area contributed by atoms with Gasteiger partial charge in [0, 0.05) is 31.9 Å². The number of amides is 1. The number of aromatic nitrogens is 2. The van der Waals surface area contributed by atoms with Gasteiger partial charge in [-0.25, -0.2) is 9.97 Å². The molecule has 7 heteroatoms.